The Balaban J connectivity index is 1.66. The summed E-state index contributed by atoms with van der Waals surface area (Å²) in [4.78, 5) is 8.99. The molecular formula is C24H15N3. The van der Waals surface area contributed by atoms with Crippen LogP contribution in [0.5, 0.6) is 0 Å². The summed E-state index contributed by atoms with van der Waals surface area (Å²) in [6.07, 6.45) is 3.77. The average molecular weight is 345 g/mol. The molecule has 3 nitrogen and oxygen atoms in total. The Morgan fingerprint density at radius 2 is 1.67 bits per heavy atom. The fraction of sp³-hybridized carbons (Fsp3) is 0. The van der Waals surface area contributed by atoms with Crippen molar-refractivity contribution >= 4 is 38.4 Å². The molecule has 0 unspecified atom stereocenters. The van der Waals surface area contributed by atoms with E-state index in [2.05, 4.69) is 82.2 Å². The minimum atomic E-state index is 0.979. The number of rotatable bonds is 1. The van der Waals surface area contributed by atoms with Crippen LogP contribution in [0.2, 0.25) is 0 Å². The van der Waals surface area contributed by atoms with Gasteiger partial charge in [-0.3, -0.25) is 9.38 Å². The molecule has 0 amide bonds. The number of fused-ring (bicyclic) bond motifs is 6. The molecule has 6 rings (SSSR count). The highest BCUT2D eigenvalue weighted by Gasteiger charge is 2.09. The van der Waals surface area contributed by atoms with E-state index in [9.17, 15) is 0 Å². The molecule has 3 aromatic carbocycles. The second-order valence-electron chi connectivity index (χ2n) is 6.80. The zero-order valence-electron chi connectivity index (χ0n) is 14.5. The predicted octanol–water partition coefficient (Wildman–Crippen LogP) is 5.86. The number of hydrogen-bond acceptors (Lipinski definition) is 2. The van der Waals surface area contributed by atoms with E-state index in [1.165, 1.54) is 27.4 Å². The minimum absolute atomic E-state index is 0.979. The lowest BCUT2D eigenvalue weighted by Gasteiger charge is -2.09. The molecule has 3 heterocycles. The normalized spacial score (nSPS) is 11.7. The van der Waals surface area contributed by atoms with Gasteiger partial charge in [0.05, 0.1) is 16.6 Å². The summed E-state index contributed by atoms with van der Waals surface area (Å²) in [6.45, 7) is 0. The molecule has 0 saturated heterocycles. The lowest BCUT2D eigenvalue weighted by Crippen LogP contribution is -1.89. The van der Waals surface area contributed by atoms with Gasteiger partial charge in [-0.2, -0.15) is 0 Å². The third-order valence-corrected chi connectivity index (χ3v) is 5.26. The van der Waals surface area contributed by atoms with Crippen LogP contribution in [0.1, 0.15) is 0 Å². The highest BCUT2D eigenvalue weighted by atomic mass is 15.0. The standard InChI is InChI=1S/C24H15N3/c1-2-7-23-21(6-1)26-24-11-9-17-14-16(8-10-22(17)27(23)24)19-5-3-4-18-15-25-13-12-20(18)19/h1-15H. The molecule has 3 heteroatoms. The average Bonchev–Trinajstić information content (AvgIpc) is 3.12. The molecule has 0 fully saturated rings. The van der Waals surface area contributed by atoms with Gasteiger partial charge in [-0.05, 0) is 64.4 Å². The van der Waals surface area contributed by atoms with Gasteiger partial charge in [-0.1, -0.05) is 36.4 Å². The van der Waals surface area contributed by atoms with Gasteiger partial charge in [-0.15, -0.1) is 0 Å². The molecule has 0 spiro atoms. The van der Waals surface area contributed by atoms with Crippen LogP contribution in [-0.2, 0) is 0 Å². The van der Waals surface area contributed by atoms with Crippen molar-refractivity contribution in [2.24, 2.45) is 0 Å². The molecule has 6 aromatic rings. The first-order valence-electron chi connectivity index (χ1n) is 9.02. The minimum Gasteiger partial charge on any atom is -0.292 e. The summed E-state index contributed by atoms with van der Waals surface area (Å²) in [7, 11) is 0. The quantitative estimate of drug-likeness (QED) is 0.374. The molecule has 0 aliphatic heterocycles. The first-order valence-corrected chi connectivity index (χ1v) is 9.02. The predicted molar refractivity (Wildman–Crippen MR) is 111 cm³/mol. The number of benzene rings is 3. The largest absolute Gasteiger partial charge is 0.292 e. The molecule has 3 aromatic heterocycles. The Hall–Kier alpha value is -3.72. The fourth-order valence-corrected chi connectivity index (χ4v) is 4.01. The smallest absolute Gasteiger partial charge is 0.138 e. The van der Waals surface area contributed by atoms with E-state index in [1.54, 1.807) is 0 Å². The van der Waals surface area contributed by atoms with Gasteiger partial charge in [-0.25, -0.2) is 4.98 Å². The Labute approximate surface area is 155 Å². The van der Waals surface area contributed by atoms with E-state index in [0.29, 0.717) is 0 Å². The topological polar surface area (TPSA) is 30.2 Å². The summed E-state index contributed by atoms with van der Waals surface area (Å²) in [5.74, 6) is 0. The maximum atomic E-state index is 4.74. The van der Waals surface area contributed by atoms with Crippen LogP contribution >= 0.6 is 0 Å². The van der Waals surface area contributed by atoms with E-state index in [-0.39, 0.29) is 0 Å². The van der Waals surface area contributed by atoms with Gasteiger partial charge in [0, 0.05) is 17.8 Å². The molecule has 0 saturated carbocycles. The van der Waals surface area contributed by atoms with Gasteiger partial charge in [0.2, 0.25) is 0 Å². The fourth-order valence-electron chi connectivity index (χ4n) is 4.01. The maximum absolute atomic E-state index is 4.74. The molecule has 0 aliphatic carbocycles. The van der Waals surface area contributed by atoms with Crippen LogP contribution in [0.4, 0.5) is 0 Å². The number of para-hydroxylation sites is 2. The summed E-state index contributed by atoms with van der Waals surface area (Å²) in [5, 5.41) is 3.58. The van der Waals surface area contributed by atoms with E-state index in [1.807, 2.05) is 18.5 Å². The van der Waals surface area contributed by atoms with Crippen molar-refractivity contribution in [3.63, 3.8) is 0 Å². The Morgan fingerprint density at radius 1 is 0.704 bits per heavy atom. The van der Waals surface area contributed by atoms with Crippen LogP contribution in [-0.4, -0.2) is 14.4 Å². The third-order valence-electron chi connectivity index (χ3n) is 5.26. The maximum Gasteiger partial charge on any atom is 0.138 e. The molecular weight excluding hydrogens is 330 g/mol. The van der Waals surface area contributed by atoms with Crippen LogP contribution in [0.3, 0.4) is 0 Å². The third kappa shape index (κ3) is 2.09. The van der Waals surface area contributed by atoms with Gasteiger partial charge in [0.25, 0.3) is 0 Å². The van der Waals surface area contributed by atoms with Crippen LogP contribution in [0, 0.1) is 0 Å². The lowest BCUT2D eigenvalue weighted by atomic mass is 9.98. The molecule has 0 radical (unpaired) electrons. The van der Waals surface area contributed by atoms with Crippen molar-refractivity contribution in [2.75, 3.05) is 0 Å². The molecule has 0 bridgehead atoms. The van der Waals surface area contributed by atoms with Gasteiger partial charge in [0.1, 0.15) is 5.65 Å². The zero-order chi connectivity index (χ0) is 17.8. The van der Waals surface area contributed by atoms with Gasteiger partial charge >= 0.3 is 0 Å². The van der Waals surface area contributed by atoms with E-state index < -0.39 is 0 Å². The van der Waals surface area contributed by atoms with Gasteiger partial charge < -0.3 is 0 Å². The Morgan fingerprint density at radius 3 is 2.67 bits per heavy atom. The van der Waals surface area contributed by atoms with Crippen LogP contribution in [0.25, 0.3) is 49.5 Å². The second kappa shape index (κ2) is 5.39. The van der Waals surface area contributed by atoms with E-state index in [4.69, 9.17) is 4.98 Å². The van der Waals surface area contributed by atoms with Crippen LogP contribution < -0.4 is 0 Å². The van der Waals surface area contributed by atoms with Crippen molar-refractivity contribution < 1.29 is 0 Å². The number of nitrogens with zero attached hydrogens (tertiary/aromatic N) is 3. The van der Waals surface area contributed by atoms with E-state index in [0.717, 1.165) is 22.1 Å². The summed E-state index contributed by atoms with van der Waals surface area (Å²) >= 11 is 0. The molecule has 27 heavy (non-hydrogen) atoms. The van der Waals surface area contributed by atoms with Crippen molar-refractivity contribution in [2.45, 2.75) is 0 Å². The Kier molecular flexibility index (Phi) is 2.88. The van der Waals surface area contributed by atoms with Gasteiger partial charge in [0.15, 0.2) is 0 Å². The van der Waals surface area contributed by atoms with Crippen molar-refractivity contribution in [1.29, 1.82) is 0 Å². The number of hydrogen-bond donors (Lipinski definition) is 0. The Bertz CT molecular complexity index is 1470. The van der Waals surface area contributed by atoms with E-state index >= 15 is 0 Å². The number of imidazole rings is 1. The monoisotopic (exact) mass is 345 g/mol. The highest BCUT2D eigenvalue weighted by molar-refractivity contribution is 5.99. The zero-order valence-corrected chi connectivity index (χ0v) is 14.5. The first-order chi connectivity index (χ1) is 13.4. The molecule has 0 aliphatic rings. The summed E-state index contributed by atoms with van der Waals surface area (Å²) in [5.41, 5.74) is 6.76. The number of aromatic nitrogens is 3. The second-order valence-corrected chi connectivity index (χ2v) is 6.80. The molecule has 0 atom stereocenters. The molecule has 0 N–H and O–H groups in total. The van der Waals surface area contributed by atoms with Crippen LogP contribution in [0.15, 0.2) is 91.3 Å². The van der Waals surface area contributed by atoms with Crippen molar-refractivity contribution in [3.05, 3.63) is 91.3 Å². The van der Waals surface area contributed by atoms with Crippen molar-refractivity contribution in [1.82, 2.24) is 14.4 Å². The highest BCUT2D eigenvalue weighted by Crippen LogP contribution is 2.31. The first kappa shape index (κ1) is 14.4. The lowest BCUT2D eigenvalue weighted by molar-refractivity contribution is 1.30. The summed E-state index contributed by atoms with van der Waals surface area (Å²) in [6, 6.07) is 27.7. The summed E-state index contributed by atoms with van der Waals surface area (Å²) < 4.78 is 2.24. The molecule has 126 valence electrons. The van der Waals surface area contributed by atoms with Crippen molar-refractivity contribution in [3.8, 4) is 11.1 Å². The SMILES string of the molecule is c1cc(-c2ccc3c(ccc4nc5ccccc5n43)c2)c2ccncc2c1. The number of pyridine rings is 2.